The molecule has 1 N–H and O–H groups in total. The van der Waals surface area contributed by atoms with Gasteiger partial charge in [-0.1, -0.05) is 27.4 Å². The quantitative estimate of drug-likeness (QED) is 0.707. The molecule has 0 aromatic heterocycles. The average Bonchev–Trinajstić information content (AvgIpc) is 2.48. The van der Waals surface area contributed by atoms with E-state index < -0.39 is 5.60 Å². The first-order valence-corrected chi connectivity index (χ1v) is 5.69. The zero-order valence-corrected chi connectivity index (χ0v) is 9.84. The highest BCUT2D eigenvalue weighted by atomic mass is 16.3. The molecule has 0 aliphatic heterocycles. The third kappa shape index (κ3) is 0.963. The van der Waals surface area contributed by atoms with Crippen LogP contribution in [-0.4, -0.2) is 16.5 Å². The van der Waals surface area contributed by atoms with Crippen LogP contribution in [0, 0.1) is 16.7 Å². The van der Waals surface area contributed by atoms with Gasteiger partial charge in [-0.25, -0.2) is 0 Å². The van der Waals surface area contributed by atoms with Gasteiger partial charge in [0, 0.05) is 5.41 Å². The van der Waals surface area contributed by atoms with E-state index in [1.54, 1.807) is 0 Å². The molecular formula is C13H20O2. The lowest BCUT2D eigenvalue weighted by Crippen LogP contribution is -2.52. The summed E-state index contributed by atoms with van der Waals surface area (Å²) >= 11 is 0. The maximum Gasteiger partial charge on any atom is 0.187 e. The van der Waals surface area contributed by atoms with Gasteiger partial charge in [0.15, 0.2) is 5.78 Å². The van der Waals surface area contributed by atoms with Crippen LogP contribution in [0.1, 0.15) is 40.0 Å². The highest BCUT2D eigenvalue weighted by molar-refractivity contribution is 5.97. The second-order valence-electron chi connectivity index (χ2n) is 5.92. The Morgan fingerprint density at radius 3 is 2.40 bits per heavy atom. The van der Waals surface area contributed by atoms with Crippen LogP contribution in [0.5, 0.6) is 0 Å². The van der Waals surface area contributed by atoms with E-state index in [1.165, 1.54) is 6.08 Å². The van der Waals surface area contributed by atoms with Crippen LogP contribution in [0.15, 0.2) is 12.7 Å². The fourth-order valence-electron chi connectivity index (χ4n) is 3.82. The molecule has 2 heteroatoms. The molecular weight excluding hydrogens is 188 g/mol. The van der Waals surface area contributed by atoms with Gasteiger partial charge >= 0.3 is 0 Å². The predicted molar refractivity (Wildman–Crippen MR) is 59.4 cm³/mol. The minimum Gasteiger partial charge on any atom is -0.381 e. The monoisotopic (exact) mass is 208 g/mol. The summed E-state index contributed by atoms with van der Waals surface area (Å²) < 4.78 is 0. The van der Waals surface area contributed by atoms with Crippen molar-refractivity contribution in [3.05, 3.63) is 12.7 Å². The maximum absolute atomic E-state index is 11.9. The molecule has 84 valence electrons. The Morgan fingerprint density at radius 1 is 1.47 bits per heavy atom. The van der Waals surface area contributed by atoms with Crippen LogP contribution in [-0.2, 0) is 4.79 Å². The van der Waals surface area contributed by atoms with Gasteiger partial charge < -0.3 is 5.11 Å². The third-order valence-corrected chi connectivity index (χ3v) is 5.48. The van der Waals surface area contributed by atoms with Crippen LogP contribution >= 0.6 is 0 Å². The van der Waals surface area contributed by atoms with E-state index in [0.717, 1.165) is 12.8 Å². The Labute approximate surface area is 91.4 Å². The van der Waals surface area contributed by atoms with Crippen molar-refractivity contribution in [3.8, 4) is 0 Å². The van der Waals surface area contributed by atoms with Gasteiger partial charge in [-0.05, 0) is 36.7 Å². The number of hydrogen-bond donors (Lipinski definition) is 1. The van der Waals surface area contributed by atoms with Crippen molar-refractivity contribution in [2.45, 2.75) is 45.6 Å². The highest BCUT2D eigenvalue weighted by Crippen LogP contribution is 2.69. The second-order valence-corrected chi connectivity index (χ2v) is 5.92. The summed E-state index contributed by atoms with van der Waals surface area (Å²) in [6, 6.07) is 0. The third-order valence-electron chi connectivity index (χ3n) is 5.48. The summed E-state index contributed by atoms with van der Waals surface area (Å²) in [6.45, 7) is 9.92. The number of hydrogen-bond acceptors (Lipinski definition) is 2. The molecule has 15 heavy (non-hydrogen) atoms. The Kier molecular flexibility index (Phi) is 1.98. The van der Waals surface area contributed by atoms with E-state index in [2.05, 4.69) is 27.4 Å². The first-order chi connectivity index (χ1) is 6.79. The van der Waals surface area contributed by atoms with E-state index in [0.29, 0.717) is 12.3 Å². The van der Waals surface area contributed by atoms with Crippen LogP contribution in [0.4, 0.5) is 0 Å². The van der Waals surface area contributed by atoms with Crippen LogP contribution < -0.4 is 0 Å². The average molecular weight is 208 g/mol. The summed E-state index contributed by atoms with van der Waals surface area (Å²) in [6.07, 6.45) is 3.97. The smallest absolute Gasteiger partial charge is 0.187 e. The molecule has 0 aromatic carbocycles. The number of fused-ring (bicyclic) bond motifs is 2. The topological polar surface area (TPSA) is 37.3 Å². The van der Waals surface area contributed by atoms with Crippen LogP contribution in [0.25, 0.3) is 0 Å². The minimum atomic E-state index is -1.17. The normalized spacial score (nSPS) is 46.8. The van der Waals surface area contributed by atoms with E-state index in [9.17, 15) is 9.90 Å². The Balaban J connectivity index is 2.49. The van der Waals surface area contributed by atoms with Crippen molar-refractivity contribution in [2.24, 2.45) is 16.7 Å². The van der Waals surface area contributed by atoms with Gasteiger partial charge in [-0.2, -0.15) is 0 Å². The van der Waals surface area contributed by atoms with Gasteiger partial charge in [0.1, 0.15) is 5.60 Å². The highest BCUT2D eigenvalue weighted by Gasteiger charge is 2.70. The molecule has 2 bridgehead atoms. The largest absolute Gasteiger partial charge is 0.381 e. The molecule has 0 amide bonds. The molecule has 3 atom stereocenters. The standard InChI is InChI=1S/C13H20O2/c1-5-10(14)13(15)8-9-6-7-12(13,4)11(9,2)3/h5,9,15H,1,6-8H2,2-4H3/t9-,12-,13+/m1/s1. The summed E-state index contributed by atoms with van der Waals surface area (Å²) in [7, 11) is 0. The fourth-order valence-corrected chi connectivity index (χ4v) is 3.82. The van der Waals surface area contributed by atoms with Gasteiger partial charge in [0.2, 0.25) is 0 Å². The van der Waals surface area contributed by atoms with Crippen LogP contribution in [0.3, 0.4) is 0 Å². The molecule has 2 fully saturated rings. The molecule has 0 aromatic rings. The molecule has 2 saturated carbocycles. The minimum absolute atomic E-state index is 0.0560. The zero-order chi connectivity index (χ0) is 11.5. The summed E-state index contributed by atoms with van der Waals surface area (Å²) in [5.74, 6) is 0.275. The zero-order valence-electron chi connectivity index (χ0n) is 9.84. The number of carbonyl (C=O) groups is 1. The van der Waals surface area contributed by atoms with E-state index in [1.807, 2.05) is 0 Å². The fraction of sp³-hybridized carbons (Fsp3) is 0.769. The van der Waals surface area contributed by atoms with Gasteiger partial charge in [-0.3, -0.25) is 4.79 Å². The van der Waals surface area contributed by atoms with Crippen molar-refractivity contribution in [2.75, 3.05) is 0 Å². The molecule has 0 unspecified atom stereocenters. The molecule has 2 rings (SSSR count). The number of rotatable bonds is 2. The molecule has 2 aliphatic rings. The second kappa shape index (κ2) is 2.73. The van der Waals surface area contributed by atoms with Gasteiger partial charge in [0.05, 0.1) is 0 Å². The van der Waals surface area contributed by atoms with Gasteiger partial charge in [-0.15, -0.1) is 0 Å². The van der Waals surface area contributed by atoms with Crippen LogP contribution in [0.2, 0.25) is 0 Å². The van der Waals surface area contributed by atoms with Crippen molar-refractivity contribution in [1.29, 1.82) is 0 Å². The van der Waals surface area contributed by atoms with Crippen molar-refractivity contribution in [1.82, 2.24) is 0 Å². The molecule has 0 heterocycles. The lowest BCUT2D eigenvalue weighted by Gasteiger charge is -2.43. The summed E-state index contributed by atoms with van der Waals surface area (Å²) in [5.41, 5.74) is -1.39. The number of carbonyl (C=O) groups excluding carboxylic acids is 1. The molecule has 2 nitrogen and oxygen atoms in total. The molecule has 0 saturated heterocycles. The summed E-state index contributed by atoms with van der Waals surface area (Å²) in [4.78, 5) is 11.9. The van der Waals surface area contributed by atoms with Crippen molar-refractivity contribution >= 4 is 5.78 Å². The van der Waals surface area contributed by atoms with E-state index in [-0.39, 0.29) is 16.6 Å². The van der Waals surface area contributed by atoms with Crippen molar-refractivity contribution in [3.63, 3.8) is 0 Å². The first-order valence-electron chi connectivity index (χ1n) is 5.69. The molecule has 2 aliphatic carbocycles. The Morgan fingerprint density at radius 2 is 2.07 bits per heavy atom. The molecule has 0 spiro atoms. The lowest BCUT2D eigenvalue weighted by atomic mass is 9.63. The maximum atomic E-state index is 11.9. The molecule has 0 radical (unpaired) electrons. The van der Waals surface area contributed by atoms with E-state index in [4.69, 9.17) is 0 Å². The summed E-state index contributed by atoms with van der Waals surface area (Å²) in [5, 5.41) is 10.6. The van der Waals surface area contributed by atoms with Gasteiger partial charge in [0.25, 0.3) is 0 Å². The van der Waals surface area contributed by atoms with E-state index >= 15 is 0 Å². The number of ketones is 1. The lowest BCUT2D eigenvalue weighted by molar-refractivity contribution is -0.149. The Hall–Kier alpha value is -0.630. The SMILES string of the molecule is C=CC(=O)[C@@]1(O)C[C@H]2CC[C@]1(C)C2(C)C. The Bertz CT molecular complexity index is 331. The number of aliphatic hydroxyl groups is 1. The first kappa shape index (κ1) is 10.9. The predicted octanol–water partition coefficient (Wildman–Crippen LogP) is 2.32. The van der Waals surface area contributed by atoms with Crippen molar-refractivity contribution < 1.29 is 9.90 Å².